The number of nitrogens with one attached hydrogen (secondary N) is 2. The average Bonchev–Trinajstić information content (AvgIpc) is 2.52. The van der Waals surface area contributed by atoms with Crippen molar-refractivity contribution in [3.63, 3.8) is 0 Å². The second-order valence-corrected chi connectivity index (χ2v) is 6.25. The Labute approximate surface area is 149 Å². The maximum Gasteiger partial charge on any atom is 0.171 e. The highest BCUT2D eigenvalue weighted by Crippen LogP contribution is 2.25. The molecule has 5 heteroatoms. The van der Waals surface area contributed by atoms with Crippen LogP contribution in [0, 0.1) is 13.8 Å². The highest BCUT2D eigenvalue weighted by Gasteiger charge is 2.08. The average molecular weight is 344 g/mol. The van der Waals surface area contributed by atoms with Crippen molar-refractivity contribution in [2.45, 2.75) is 26.8 Å². The Morgan fingerprint density at radius 2 is 1.71 bits per heavy atom. The minimum absolute atomic E-state index is 0.0563. The van der Waals surface area contributed by atoms with Crippen molar-refractivity contribution in [2.24, 2.45) is 0 Å². The van der Waals surface area contributed by atoms with Crippen LogP contribution in [-0.2, 0) is 0 Å². The van der Waals surface area contributed by atoms with Crippen LogP contribution < -0.4 is 20.1 Å². The Morgan fingerprint density at radius 3 is 2.33 bits per heavy atom. The van der Waals surface area contributed by atoms with E-state index in [1.54, 1.807) is 7.11 Å². The van der Waals surface area contributed by atoms with Gasteiger partial charge in [-0.05, 0) is 68.4 Å². The number of anilines is 1. The predicted octanol–water partition coefficient (Wildman–Crippen LogP) is 4.07. The fraction of sp³-hybridized carbons (Fsp3) is 0.316. The number of methoxy groups -OCH3 is 1. The zero-order valence-corrected chi connectivity index (χ0v) is 15.4. The lowest BCUT2D eigenvalue weighted by Gasteiger charge is -2.19. The largest absolute Gasteiger partial charge is 0.493 e. The van der Waals surface area contributed by atoms with Crippen molar-refractivity contribution in [1.29, 1.82) is 0 Å². The van der Waals surface area contributed by atoms with Crippen LogP contribution in [-0.4, -0.2) is 24.9 Å². The molecule has 0 saturated heterocycles. The molecule has 0 radical (unpaired) electrons. The summed E-state index contributed by atoms with van der Waals surface area (Å²) in [5, 5.41) is 7.02. The molecule has 1 unspecified atom stereocenters. The Hall–Kier alpha value is -2.27. The van der Waals surface area contributed by atoms with Crippen molar-refractivity contribution >= 4 is 23.0 Å². The monoisotopic (exact) mass is 344 g/mol. The molecule has 0 aliphatic carbocycles. The van der Waals surface area contributed by atoms with E-state index in [0.29, 0.717) is 11.7 Å². The third kappa shape index (κ3) is 5.42. The molecule has 0 saturated carbocycles. The van der Waals surface area contributed by atoms with Crippen LogP contribution in [0.5, 0.6) is 11.5 Å². The minimum atomic E-state index is 0.0563. The molecule has 0 bridgehead atoms. The van der Waals surface area contributed by atoms with Gasteiger partial charge in [0.15, 0.2) is 16.6 Å². The number of hydrogen-bond donors (Lipinski definition) is 2. The maximum absolute atomic E-state index is 5.80. The molecular formula is C19H24N2O2S. The van der Waals surface area contributed by atoms with Gasteiger partial charge in [0.05, 0.1) is 13.2 Å². The Bertz CT molecular complexity index is 683. The van der Waals surface area contributed by atoms with E-state index in [4.69, 9.17) is 21.7 Å². The molecule has 2 N–H and O–H groups in total. The van der Waals surface area contributed by atoms with E-state index >= 15 is 0 Å². The molecule has 128 valence electrons. The molecule has 2 aromatic carbocycles. The van der Waals surface area contributed by atoms with Gasteiger partial charge in [-0.2, -0.15) is 0 Å². The minimum Gasteiger partial charge on any atom is -0.493 e. The Morgan fingerprint density at radius 1 is 1.08 bits per heavy atom. The van der Waals surface area contributed by atoms with E-state index in [9.17, 15) is 0 Å². The molecule has 1 atom stereocenters. The summed E-state index contributed by atoms with van der Waals surface area (Å²) in [5.74, 6) is 1.45. The number of para-hydroxylation sites is 2. The van der Waals surface area contributed by atoms with Gasteiger partial charge in [-0.1, -0.05) is 18.2 Å². The number of ether oxygens (including phenoxy) is 2. The molecule has 2 rings (SSSR count). The van der Waals surface area contributed by atoms with Gasteiger partial charge in [-0.15, -0.1) is 0 Å². The number of benzene rings is 2. The smallest absolute Gasteiger partial charge is 0.171 e. The van der Waals surface area contributed by atoms with Crippen LogP contribution in [0.15, 0.2) is 42.5 Å². The van der Waals surface area contributed by atoms with E-state index < -0.39 is 0 Å². The first kappa shape index (κ1) is 18.1. The zero-order chi connectivity index (χ0) is 17.5. The SMILES string of the molecule is COc1ccccc1OCC(C)NC(=S)Nc1cc(C)cc(C)c1. The summed E-state index contributed by atoms with van der Waals surface area (Å²) < 4.78 is 11.1. The molecule has 2 aromatic rings. The summed E-state index contributed by atoms with van der Waals surface area (Å²) in [6.45, 7) is 6.64. The fourth-order valence-electron chi connectivity index (χ4n) is 2.43. The van der Waals surface area contributed by atoms with Gasteiger partial charge in [0.25, 0.3) is 0 Å². The van der Waals surface area contributed by atoms with Gasteiger partial charge in [0.2, 0.25) is 0 Å². The molecule has 0 aliphatic heterocycles. The normalized spacial score (nSPS) is 11.5. The molecule has 0 aliphatic rings. The van der Waals surface area contributed by atoms with E-state index in [2.05, 4.69) is 42.7 Å². The summed E-state index contributed by atoms with van der Waals surface area (Å²) in [7, 11) is 1.63. The summed E-state index contributed by atoms with van der Waals surface area (Å²) in [6.07, 6.45) is 0. The van der Waals surface area contributed by atoms with Gasteiger partial charge < -0.3 is 20.1 Å². The quantitative estimate of drug-likeness (QED) is 0.774. The topological polar surface area (TPSA) is 42.5 Å². The predicted molar refractivity (Wildman–Crippen MR) is 103 cm³/mol. The van der Waals surface area contributed by atoms with E-state index in [0.717, 1.165) is 17.2 Å². The van der Waals surface area contributed by atoms with Crippen LogP contribution >= 0.6 is 12.2 Å². The van der Waals surface area contributed by atoms with Crippen LogP contribution in [0.4, 0.5) is 5.69 Å². The second kappa shape index (κ2) is 8.55. The first-order valence-electron chi connectivity index (χ1n) is 7.89. The zero-order valence-electron chi connectivity index (χ0n) is 14.6. The van der Waals surface area contributed by atoms with Crippen molar-refractivity contribution in [1.82, 2.24) is 5.32 Å². The van der Waals surface area contributed by atoms with Crippen LogP contribution in [0.25, 0.3) is 0 Å². The molecule has 24 heavy (non-hydrogen) atoms. The standard InChI is InChI=1S/C19H24N2O2S/c1-13-9-14(2)11-16(10-13)21-19(24)20-15(3)12-23-18-8-6-5-7-17(18)22-4/h5-11,15H,12H2,1-4H3,(H2,20,21,24). The summed E-state index contributed by atoms with van der Waals surface area (Å²) in [5.41, 5.74) is 3.39. The lowest BCUT2D eigenvalue weighted by molar-refractivity contribution is 0.270. The molecule has 0 amide bonds. The van der Waals surface area contributed by atoms with Crippen molar-refractivity contribution in [3.05, 3.63) is 53.6 Å². The third-order valence-corrected chi connectivity index (χ3v) is 3.63. The van der Waals surface area contributed by atoms with Gasteiger partial charge >= 0.3 is 0 Å². The van der Waals surface area contributed by atoms with Crippen molar-refractivity contribution < 1.29 is 9.47 Å². The fourth-order valence-corrected chi connectivity index (χ4v) is 2.75. The van der Waals surface area contributed by atoms with E-state index in [1.807, 2.05) is 31.2 Å². The number of aryl methyl sites for hydroxylation is 2. The summed E-state index contributed by atoms with van der Waals surface area (Å²) >= 11 is 5.38. The van der Waals surface area contributed by atoms with Crippen LogP contribution in [0.3, 0.4) is 0 Å². The Kier molecular flexibility index (Phi) is 6.44. The van der Waals surface area contributed by atoms with Gasteiger partial charge in [0, 0.05) is 5.69 Å². The number of thiocarbonyl (C=S) groups is 1. The van der Waals surface area contributed by atoms with Crippen molar-refractivity contribution in [3.8, 4) is 11.5 Å². The number of rotatable bonds is 6. The third-order valence-electron chi connectivity index (χ3n) is 3.41. The van der Waals surface area contributed by atoms with Gasteiger partial charge in [-0.3, -0.25) is 0 Å². The van der Waals surface area contributed by atoms with Gasteiger partial charge in [0.1, 0.15) is 6.61 Å². The summed E-state index contributed by atoms with van der Waals surface area (Å²) in [4.78, 5) is 0. The first-order valence-corrected chi connectivity index (χ1v) is 8.30. The lowest BCUT2D eigenvalue weighted by atomic mass is 10.1. The molecule has 4 nitrogen and oxygen atoms in total. The van der Waals surface area contributed by atoms with E-state index in [-0.39, 0.29) is 6.04 Å². The molecule has 0 aromatic heterocycles. The van der Waals surface area contributed by atoms with Crippen LogP contribution in [0.1, 0.15) is 18.1 Å². The summed E-state index contributed by atoms with van der Waals surface area (Å²) in [6, 6.07) is 13.9. The molecule has 0 fully saturated rings. The van der Waals surface area contributed by atoms with Gasteiger partial charge in [-0.25, -0.2) is 0 Å². The maximum atomic E-state index is 5.80. The highest BCUT2D eigenvalue weighted by atomic mass is 32.1. The first-order chi connectivity index (χ1) is 11.5. The number of hydrogen-bond acceptors (Lipinski definition) is 3. The second-order valence-electron chi connectivity index (χ2n) is 5.84. The molecule has 0 spiro atoms. The van der Waals surface area contributed by atoms with Crippen LogP contribution in [0.2, 0.25) is 0 Å². The lowest BCUT2D eigenvalue weighted by Crippen LogP contribution is -2.39. The highest BCUT2D eigenvalue weighted by molar-refractivity contribution is 7.80. The molecular weight excluding hydrogens is 320 g/mol. The Balaban J connectivity index is 1.85. The van der Waals surface area contributed by atoms with Crippen molar-refractivity contribution in [2.75, 3.05) is 19.0 Å². The van der Waals surface area contributed by atoms with E-state index in [1.165, 1.54) is 11.1 Å². The molecule has 0 heterocycles.